The maximum atomic E-state index is 11.1. The maximum Gasteiger partial charge on any atom is 0.508 e. The van der Waals surface area contributed by atoms with Crippen molar-refractivity contribution in [1.82, 2.24) is 0 Å². The Kier molecular flexibility index (Phi) is 9.07. The Bertz CT molecular complexity index is 297. The second kappa shape index (κ2) is 9.75. The molecule has 3 heteroatoms. The van der Waals surface area contributed by atoms with Gasteiger partial charge in [0.05, 0.1) is 6.61 Å². The van der Waals surface area contributed by atoms with Gasteiger partial charge in [0.2, 0.25) is 0 Å². The molecule has 0 spiro atoms. The van der Waals surface area contributed by atoms with E-state index in [-0.39, 0.29) is 6.61 Å². The lowest BCUT2D eigenvalue weighted by atomic mass is 10.1. The Balaban J connectivity index is 3.73. The van der Waals surface area contributed by atoms with E-state index in [1.807, 2.05) is 26.8 Å². The maximum absolute atomic E-state index is 11.1. The normalized spacial score (nSPS) is 11.3. The highest BCUT2D eigenvalue weighted by Gasteiger charge is 2.03. The molecule has 0 rings (SSSR count). The van der Waals surface area contributed by atoms with E-state index in [0.717, 1.165) is 12.8 Å². The summed E-state index contributed by atoms with van der Waals surface area (Å²) in [4.78, 5) is 11.1. The number of ether oxygens (including phenoxy) is 2. The molecule has 0 aliphatic carbocycles. The molecule has 0 aliphatic rings. The molecule has 0 aliphatic heterocycles. The predicted octanol–water partition coefficient (Wildman–Crippen LogP) is 4.49. The molecule has 0 aromatic heterocycles. The van der Waals surface area contributed by atoms with Crippen LogP contribution in [0.1, 0.15) is 47.5 Å². The van der Waals surface area contributed by atoms with Crippen LogP contribution in [0.3, 0.4) is 0 Å². The zero-order chi connectivity index (χ0) is 14.0. The second-order valence-corrected chi connectivity index (χ2v) is 5.14. The van der Waals surface area contributed by atoms with Gasteiger partial charge in [0.15, 0.2) is 0 Å². The monoisotopic (exact) mass is 254 g/mol. The molecule has 0 bridgehead atoms. The molecule has 0 heterocycles. The zero-order valence-electron chi connectivity index (χ0n) is 12.3. The first-order valence-electron chi connectivity index (χ1n) is 6.50. The number of rotatable bonds is 7. The molecule has 0 unspecified atom stereocenters. The lowest BCUT2D eigenvalue weighted by molar-refractivity contribution is 0.0549. The molecular formula is C15H26O3. The van der Waals surface area contributed by atoms with Gasteiger partial charge in [-0.25, -0.2) is 4.79 Å². The molecule has 0 radical (unpaired) electrons. The first-order chi connectivity index (χ1) is 8.41. The summed E-state index contributed by atoms with van der Waals surface area (Å²) in [5.41, 5.74) is 2.56. The van der Waals surface area contributed by atoms with Crippen LogP contribution in [0.15, 0.2) is 23.3 Å². The number of allylic oxidation sites excluding steroid dienone is 3. The SMILES string of the molecule is CC(C)=CCC/C(C)=C/COC(=O)OCC(C)C. The van der Waals surface area contributed by atoms with Gasteiger partial charge in [-0.1, -0.05) is 31.1 Å². The highest BCUT2D eigenvalue weighted by Crippen LogP contribution is 2.06. The van der Waals surface area contributed by atoms with Crippen molar-refractivity contribution in [3.63, 3.8) is 0 Å². The van der Waals surface area contributed by atoms with Crippen molar-refractivity contribution in [2.45, 2.75) is 47.5 Å². The Hall–Kier alpha value is -1.25. The number of hydrogen-bond acceptors (Lipinski definition) is 3. The van der Waals surface area contributed by atoms with Gasteiger partial charge in [-0.05, 0) is 45.6 Å². The summed E-state index contributed by atoms with van der Waals surface area (Å²) in [5, 5.41) is 0. The van der Waals surface area contributed by atoms with Crippen LogP contribution < -0.4 is 0 Å². The van der Waals surface area contributed by atoms with Crippen LogP contribution >= 0.6 is 0 Å². The van der Waals surface area contributed by atoms with E-state index in [0.29, 0.717) is 12.5 Å². The fourth-order valence-electron chi connectivity index (χ4n) is 1.22. The summed E-state index contributed by atoms with van der Waals surface area (Å²) < 4.78 is 9.84. The minimum absolute atomic E-state index is 0.289. The largest absolute Gasteiger partial charge is 0.508 e. The number of hydrogen-bond donors (Lipinski definition) is 0. The third-order valence-corrected chi connectivity index (χ3v) is 2.26. The van der Waals surface area contributed by atoms with Crippen LogP contribution in [0.25, 0.3) is 0 Å². The summed E-state index contributed by atoms with van der Waals surface area (Å²) in [6, 6.07) is 0. The van der Waals surface area contributed by atoms with Gasteiger partial charge in [0.1, 0.15) is 6.61 Å². The first-order valence-corrected chi connectivity index (χ1v) is 6.50. The van der Waals surface area contributed by atoms with E-state index >= 15 is 0 Å². The fraction of sp³-hybridized carbons (Fsp3) is 0.667. The number of carbonyl (C=O) groups is 1. The summed E-state index contributed by atoms with van der Waals surface area (Å²) >= 11 is 0. The first kappa shape index (κ1) is 16.8. The van der Waals surface area contributed by atoms with Gasteiger partial charge in [-0.3, -0.25) is 0 Å². The van der Waals surface area contributed by atoms with Crippen LogP contribution in [0.4, 0.5) is 4.79 Å². The van der Waals surface area contributed by atoms with Crippen molar-refractivity contribution in [2.24, 2.45) is 5.92 Å². The van der Waals surface area contributed by atoms with E-state index in [4.69, 9.17) is 9.47 Å². The average Bonchev–Trinajstić information content (AvgIpc) is 2.25. The van der Waals surface area contributed by atoms with Gasteiger partial charge in [0.25, 0.3) is 0 Å². The van der Waals surface area contributed by atoms with Gasteiger partial charge >= 0.3 is 6.16 Å². The van der Waals surface area contributed by atoms with Crippen LogP contribution in [-0.2, 0) is 9.47 Å². The summed E-state index contributed by atoms with van der Waals surface area (Å²) in [5.74, 6) is 0.332. The Morgan fingerprint density at radius 2 is 1.78 bits per heavy atom. The van der Waals surface area contributed by atoms with Crippen LogP contribution in [0.5, 0.6) is 0 Å². The molecule has 0 amide bonds. The molecule has 0 fully saturated rings. The lowest BCUT2D eigenvalue weighted by Crippen LogP contribution is -2.11. The van der Waals surface area contributed by atoms with E-state index in [9.17, 15) is 4.79 Å². The zero-order valence-corrected chi connectivity index (χ0v) is 12.3. The second-order valence-electron chi connectivity index (χ2n) is 5.14. The minimum atomic E-state index is -0.586. The molecule has 0 saturated heterocycles. The molecule has 0 N–H and O–H groups in total. The van der Waals surface area contributed by atoms with Crippen molar-refractivity contribution >= 4 is 6.16 Å². The highest BCUT2D eigenvalue weighted by atomic mass is 16.7. The molecule has 0 saturated carbocycles. The van der Waals surface area contributed by atoms with E-state index in [1.54, 1.807) is 0 Å². The van der Waals surface area contributed by atoms with Crippen LogP contribution in [-0.4, -0.2) is 19.4 Å². The summed E-state index contributed by atoms with van der Waals surface area (Å²) in [7, 11) is 0. The van der Waals surface area contributed by atoms with Crippen molar-refractivity contribution < 1.29 is 14.3 Å². The number of carbonyl (C=O) groups excluding carboxylic acids is 1. The summed E-state index contributed by atoms with van der Waals surface area (Å²) in [6.07, 6.45) is 5.57. The van der Waals surface area contributed by atoms with Crippen molar-refractivity contribution in [3.8, 4) is 0 Å². The van der Waals surface area contributed by atoms with Crippen LogP contribution in [0, 0.1) is 5.92 Å². The Labute approximate surface area is 111 Å². The molecule has 0 atom stereocenters. The minimum Gasteiger partial charge on any atom is -0.434 e. The standard InChI is InChI=1S/C15H26O3/c1-12(2)7-6-8-14(5)9-10-17-15(16)18-11-13(3)4/h7,9,13H,6,8,10-11H2,1-5H3/b14-9+. The topological polar surface area (TPSA) is 35.5 Å². The lowest BCUT2D eigenvalue weighted by Gasteiger charge is -2.06. The molecule has 0 aromatic rings. The third kappa shape index (κ3) is 11.2. The highest BCUT2D eigenvalue weighted by molar-refractivity contribution is 5.59. The Morgan fingerprint density at radius 3 is 2.33 bits per heavy atom. The smallest absolute Gasteiger partial charge is 0.434 e. The van der Waals surface area contributed by atoms with Gasteiger partial charge in [-0.2, -0.15) is 0 Å². The molecule has 104 valence electrons. The van der Waals surface area contributed by atoms with Crippen LogP contribution in [0.2, 0.25) is 0 Å². The predicted molar refractivity (Wildman–Crippen MR) is 74.6 cm³/mol. The molecular weight excluding hydrogens is 228 g/mol. The van der Waals surface area contributed by atoms with E-state index < -0.39 is 6.16 Å². The van der Waals surface area contributed by atoms with Crippen molar-refractivity contribution in [3.05, 3.63) is 23.3 Å². The molecule has 18 heavy (non-hydrogen) atoms. The Morgan fingerprint density at radius 1 is 1.11 bits per heavy atom. The quantitative estimate of drug-likeness (QED) is 0.496. The van der Waals surface area contributed by atoms with Gasteiger partial charge < -0.3 is 9.47 Å². The average molecular weight is 254 g/mol. The summed E-state index contributed by atoms with van der Waals surface area (Å²) in [6.45, 7) is 10.9. The molecule has 3 nitrogen and oxygen atoms in total. The van der Waals surface area contributed by atoms with Gasteiger partial charge in [-0.15, -0.1) is 0 Å². The fourth-order valence-corrected chi connectivity index (χ4v) is 1.22. The molecule has 0 aromatic carbocycles. The van der Waals surface area contributed by atoms with Gasteiger partial charge in [0, 0.05) is 0 Å². The third-order valence-electron chi connectivity index (χ3n) is 2.26. The van der Waals surface area contributed by atoms with E-state index in [1.165, 1.54) is 11.1 Å². The van der Waals surface area contributed by atoms with E-state index in [2.05, 4.69) is 19.9 Å². The van der Waals surface area contributed by atoms with Crippen molar-refractivity contribution in [2.75, 3.05) is 13.2 Å². The van der Waals surface area contributed by atoms with Crippen molar-refractivity contribution in [1.29, 1.82) is 0 Å².